The second kappa shape index (κ2) is 8.12. The first-order valence-electron chi connectivity index (χ1n) is 8.13. The standard InChI is InChI=1S/C16H25N3O3S.ClH/c1-22-16-7-9-19(15(10-16)11-17)23(20,21)18-8-6-13-4-2-3-5-14(13)12-18;/h2-5,15-16H,6-12,17H2,1H3;1H. The molecule has 2 aliphatic heterocycles. The summed E-state index contributed by atoms with van der Waals surface area (Å²) in [5.74, 6) is 0. The SMILES string of the molecule is COC1CCN(S(=O)(=O)N2CCc3ccccc3C2)C(CN)C1.Cl. The first kappa shape index (κ1) is 19.6. The van der Waals surface area contributed by atoms with Crippen molar-refractivity contribution in [1.29, 1.82) is 0 Å². The van der Waals surface area contributed by atoms with E-state index in [9.17, 15) is 8.42 Å². The topological polar surface area (TPSA) is 75.9 Å². The van der Waals surface area contributed by atoms with E-state index in [1.807, 2.05) is 18.2 Å². The molecule has 2 heterocycles. The number of ether oxygens (including phenoxy) is 1. The van der Waals surface area contributed by atoms with E-state index in [1.54, 1.807) is 15.7 Å². The van der Waals surface area contributed by atoms with Gasteiger partial charge in [0.05, 0.1) is 6.10 Å². The van der Waals surface area contributed by atoms with Gasteiger partial charge in [0.25, 0.3) is 10.2 Å². The van der Waals surface area contributed by atoms with Gasteiger partial charge in [-0.2, -0.15) is 17.0 Å². The molecule has 0 amide bonds. The van der Waals surface area contributed by atoms with Gasteiger partial charge in [0.15, 0.2) is 0 Å². The molecule has 2 N–H and O–H groups in total. The van der Waals surface area contributed by atoms with Crippen molar-refractivity contribution < 1.29 is 13.2 Å². The minimum atomic E-state index is -3.49. The van der Waals surface area contributed by atoms with Crippen LogP contribution in [-0.2, 0) is 27.9 Å². The molecule has 2 unspecified atom stereocenters. The van der Waals surface area contributed by atoms with Crippen LogP contribution in [0.2, 0.25) is 0 Å². The van der Waals surface area contributed by atoms with E-state index in [1.165, 1.54) is 5.56 Å². The number of hydrogen-bond acceptors (Lipinski definition) is 4. The number of hydrogen-bond donors (Lipinski definition) is 1. The maximum Gasteiger partial charge on any atom is 0.282 e. The molecule has 2 aliphatic rings. The van der Waals surface area contributed by atoms with Crippen LogP contribution in [-0.4, -0.2) is 55.9 Å². The van der Waals surface area contributed by atoms with Crippen molar-refractivity contribution in [2.75, 3.05) is 26.7 Å². The number of rotatable bonds is 4. The summed E-state index contributed by atoms with van der Waals surface area (Å²) in [7, 11) is -1.82. The first-order chi connectivity index (χ1) is 11.1. The van der Waals surface area contributed by atoms with Crippen molar-refractivity contribution in [1.82, 2.24) is 8.61 Å². The summed E-state index contributed by atoms with van der Waals surface area (Å²) in [6, 6.07) is 7.86. The van der Waals surface area contributed by atoms with Crippen molar-refractivity contribution in [3.8, 4) is 0 Å². The fourth-order valence-corrected chi connectivity index (χ4v) is 5.35. The number of halogens is 1. The molecule has 0 saturated carbocycles. The molecule has 2 atom stereocenters. The van der Waals surface area contributed by atoms with Gasteiger partial charge in [0, 0.05) is 39.3 Å². The van der Waals surface area contributed by atoms with Gasteiger partial charge in [-0.1, -0.05) is 24.3 Å². The molecule has 1 aromatic carbocycles. The number of benzene rings is 1. The molecule has 6 nitrogen and oxygen atoms in total. The van der Waals surface area contributed by atoms with Gasteiger partial charge in [0.1, 0.15) is 0 Å². The summed E-state index contributed by atoms with van der Waals surface area (Å²) < 4.78 is 34.7. The lowest BCUT2D eigenvalue weighted by molar-refractivity contribution is 0.0382. The highest BCUT2D eigenvalue weighted by Crippen LogP contribution is 2.27. The predicted molar refractivity (Wildman–Crippen MR) is 96.3 cm³/mol. The number of nitrogens with two attached hydrogens (primary N) is 1. The molecule has 136 valence electrons. The highest BCUT2D eigenvalue weighted by atomic mass is 35.5. The number of nitrogens with zero attached hydrogens (tertiary/aromatic N) is 2. The molecule has 0 radical (unpaired) electrons. The summed E-state index contributed by atoms with van der Waals surface area (Å²) in [6.45, 7) is 1.77. The molecular formula is C16H26ClN3O3S. The highest BCUT2D eigenvalue weighted by molar-refractivity contribution is 7.86. The third-order valence-corrected chi connectivity index (χ3v) is 6.98. The number of fused-ring (bicyclic) bond motifs is 1. The van der Waals surface area contributed by atoms with Crippen molar-refractivity contribution in [2.45, 2.75) is 38.0 Å². The largest absolute Gasteiger partial charge is 0.381 e. The lowest BCUT2D eigenvalue weighted by atomic mass is 10.0. The zero-order valence-electron chi connectivity index (χ0n) is 13.9. The van der Waals surface area contributed by atoms with E-state index in [0.717, 1.165) is 18.4 Å². The fourth-order valence-electron chi connectivity index (χ4n) is 3.54. The molecule has 0 aromatic heterocycles. The van der Waals surface area contributed by atoms with Crippen LogP contribution in [0.1, 0.15) is 24.0 Å². The third kappa shape index (κ3) is 3.76. The minimum absolute atomic E-state index is 0. The zero-order valence-corrected chi connectivity index (χ0v) is 15.6. The molecule has 3 rings (SSSR count). The maximum atomic E-state index is 13.1. The van der Waals surface area contributed by atoms with Gasteiger partial charge in [0.2, 0.25) is 0 Å². The predicted octanol–water partition coefficient (Wildman–Crippen LogP) is 1.15. The molecule has 1 fully saturated rings. The summed E-state index contributed by atoms with van der Waals surface area (Å²) in [6.07, 6.45) is 2.24. The molecule has 24 heavy (non-hydrogen) atoms. The average molecular weight is 376 g/mol. The van der Waals surface area contributed by atoms with Crippen molar-refractivity contribution in [3.63, 3.8) is 0 Å². The molecule has 0 spiro atoms. The van der Waals surface area contributed by atoms with Gasteiger partial charge in [-0.25, -0.2) is 0 Å². The van der Waals surface area contributed by atoms with Gasteiger partial charge in [-0.3, -0.25) is 0 Å². The molecule has 8 heteroatoms. The summed E-state index contributed by atoms with van der Waals surface area (Å²) in [5.41, 5.74) is 8.17. The normalized spacial score (nSPS) is 25.8. The molecular weight excluding hydrogens is 350 g/mol. The molecule has 1 saturated heterocycles. The van der Waals surface area contributed by atoms with Crippen molar-refractivity contribution in [2.24, 2.45) is 5.73 Å². The van der Waals surface area contributed by atoms with Gasteiger partial charge >= 0.3 is 0 Å². The van der Waals surface area contributed by atoms with Crippen LogP contribution < -0.4 is 5.73 Å². The Hall–Kier alpha value is -0.700. The van der Waals surface area contributed by atoms with Gasteiger partial charge in [-0.15, -0.1) is 12.4 Å². The Morgan fingerprint density at radius 2 is 1.96 bits per heavy atom. The average Bonchev–Trinajstić information content (AvgIpc) is 2.60. The Morgan fingerprint density at radius 1 is 1.25 bits per heavy atom. The first-order valence-corrected chi connectivity index (χ1v) is 9.52. The van der Waals surface area contributed by atoms with Crippen molar-refractivity contribution >= 4 is 22.6 Å². The Morgan fingerprint density at radius 3 is 2.62 bits per heavy atom. The lowest BCUT2D eigenvalue weighted by Gasteiger charge is -2.41. The quantitative estimate of drug-likeness (QED) is 0.856. The van der Waals surface area contributed by atoms with E-state index in [-0.39, 0.29) is 24.6 Å². The lowest BCUT2D eigenvalue weighted by Crippen LogP contribution is -2.56. The monoisotopic (exact) mass is 375 g/mol. The minimum Gasteiger partial charge on any atom is -0.381 e. The highest BCUT2D eigenvalue weighted by Gasteiger charge is 2.39. The van der Waals surface area contributed by atoms with E-state index in [4.69, 9.17) is 10.5 Å². The smallest absolute Gasteiger partial charge is 0.282 e. The summed E-state index contributed by atoms with van der Waals surface area (Å²) in [4.78, 5) is 0. The Kier molecular flexibility index (Phi) is 6.64. The van der Waals surface area contributed by atoms with Crippen LogP contribution in [0, 0.1) is 0 Å². The van der Waals surface area contributed by atoms with Crippen LogP contribution in [0.5, 0.6) is 0 Å². The van der Waals surface area contributed by atoms with Gasteiger partial charge in [-0.05, 0) is 30.4 Å². The van der Waals surface area contributed by atoms with E-state index >= 15 is 0 Å². The van der Waals surface area contributed by atoms with E-state index in [2.05, 4.69) is 6.07 Å². The number of methoxy groups -OCH3 is 1. The molecule has 1 aromatic rings. The molecule has 0 bridgehead atoms. The summed E-state index contributed by atoms with van der Waals surface area (Å²) >= 11 is 0. The van der Waals surface area contributed by atoms with Crippen LogP contribution in [0.3, 0.4) is 0 Å². The van der Waals surface area contributed by atoms with E-state index < -0.39 is 10.2 Å². The Labute approximate surface area is 150 Å². The van der Waals surface area contributed by atoms with Crippen LogP contribution >= 0.6 is 12.4 Å². The Balaban J connectivity index is 0.00000208. The summed E-state index contributed by atoms with van der Waals surface area (Å²) in [5, 5.41) is 0. The maximum absolute atomic E-state index is 13.1. The van der Waals surface area contributed by atoms with Crippen LogP contribution in [0.4, 0.5) is 0 Å². The second-order valence-electron chi connectivity index (χ2n) is 6.24. The van der Waals surface area contributed by atoms with Crippen LogP contribution in [0.25, 0.3) is 0 Å². The number of piperidine rings is 1. The zero-order chi connectivity index (χ0) is 16.4. The fraction of sp³-hybridized carbons (Fsp3) is 0.625. The van der Waals surface area contributed by atoms with Gasteiger partial charge < -0.3 is 10.5 Å². The van der Waals surface area contributed by atoms with E-state index in [0.29, 0.717) is 32.6 Å². The Bertz CT molecular complexity index is 656. The third-order valence-electron chi connectivity index (χ3n) is 4.94. The molecule has 0 aliphatic carbocycles. The van der Waals surface area contributed by atoms with Crippen LogP contribution in [0.15, 0.2) is 24.3 Å². The second-order valence-corrected chi connectivity index (χ2v) is 8.12. The van der Waals surface area contributed by atoms with Crippen molar-refractivity contribution in [3.05, 3.63) is 35.4 Å².